The fraction of sp³-hybridized carbons (Fsp3) is 0.828. The third-order valence-corrected chi connectivity index (χ3v) is 8.81. The maximum Gasteiger partial charge on any atom is 0.417 e. The monoisotopic (exact) mass is 569 g/mol. The molecule has 2 aliphatic carbocycles. The van der Waals surface area contributed by atoms with Crippen LogP contribution in [0.15, 0.2) is 6.07 Å². The van der Waals surface area contributed by atoms with Gasteiger partial charge in [-0.3, -0.25) is 9.69 Å². The van der Waals surface area contributed by atoms with Gasteiger partial charge in [-0.2, -0.15) is 13.2 Å². The van der Waals surface area contributed by atoms with E-state index < -0.39 is 30.5 Å². The van der Waals surface area contributed by atoms with Crippen LogP contribution in [0.2, 0.25) is 0 Å². The smallest absolute Gasteiger partial charge is 0.384 e. The van der Waals surface area contributed by atoms with E-state index in [0.29, 0.717) is 12.5 Å². The molecule has 3 fully saturated rings. The topological polar surface area (TPSA) is 90.8 Å². The molecule has 0 aromatic carbocycles. The van der Waals surface area contributed by atoms with E-state index in [2.05, 4.69) is 42.0 Å². The quantitative estimate of drug-likeness (QED) is 0.467. The Kier molecular flexibility index (Phi) is 9.67. The van der Waals surface area contributed by atoms with Gasteiger partial charge in [-0.1, -0.05) is 20.8 Å². The molecule has 0 bridgehead atoms. The Bertz CT molecular complexity index is 994. The number of hydrogen-bond acceptors (Lipinski definition) is 7. The fourth-order valence-corrected chi connectivity index (χ4v) is 5.97. The molecule has 0 atom stereocenters. The molecule has 1 aliphatic heterocycles. The van der Waals surface area contributed by atoms with E-state index >= 15 is 0 Å². The first kappa shape index (κ1) is 31.0. The number of alkyl halides is 3. The minimum absolute atomic E-state index is 0.0199. The van der Waals surface area contributed by atoms with Gasteiger partial charge in [0.25, 0.3) is 0 Å². The molecule has 2 heterocycles. The molecule has 40 heavy (non-hydrogen) atoms. The number of methoxy groups -OCH3 is 1. The zero-order valence-electron chi connectivity index (χ0n) is 24.4. The molecule has 1 saturated heterocycles. The number of nitrogens with one attached hydrogen (secondary N) is 1. The van der Waals surface area contributed by atoms with E-state index in [0.717, 1.165) is 88.6 Å². The predicted octanol–water partition coefficient (Wildman–Crippen LogP) is 3.85. The second-order valence-electron chi connectivity index (χ2n) is 13.0. The summed E-state index contributed by atoms with van der Waals surface area (Å²) in [7, 11) is 1.70. The number of hydrogen-bond donors (Lipinski definition) is 2. The van der Waals surface area contributed by atoms with Gasteiger partial charge >= 0.3 is 6.18 Å². The minimum atomic E-state index is -4.67. The maximum absolute atomic E-state index is 12.8. The van der Waals surface area contributed by atoms with Crippen molar-refractivity contribution in [3.8, 4) is 0 Å². The third-order valence-electron chi connectivity index (χ3n) is 8.81. The Morgan fingerprint density at radius 3 is 2.33 bits per heavy atom. The van der Waals surface area contributed by atoms with E-state index in [1.165, 1.54) is 0 Å². The molecule has 11 heteroatoms. The second kappa shape index (κ2) is 12.5. The lowest BCUT2D eigenvalue weighted by molar-refractivity contribution is -0.296. The van der Waals surface area contributed by atoms with Gasteiger partial charge < -0.3 is 20.1 Å². The largest absolute Gasteiger partial charge is 0.417 e. The van der Waals surface area contributed by atoms with Gasteiger partial charge in [0.2, 0.25) is 5.91 Å². The van der Waals surface area contributed by atoms with Crippen LogP contribution in [-0.2, 0) is 21.4 Å². The average Bonchev–Trinajstić information content (AvgIpc) is 2.88. The van der Waals surface area contributed by atoms with E-state index in [4.69, 9.17) is 14.7 Å². The van der Waals surface area contributed by atoms with E-state index in [-0.39, 0.29) is 17.4 Å². The molecule has 1 amide bonds. The zero-order chi connectivity index (χ0) is 29.1. The highest BCUT2D eigenvalue weighted by molar-refractivity contribution is 5.80. The van der Waals surface area contributed by atoms with Crippen molar-refractivity contribution in [2.75, 3.05) is 51.3 Å². The van der Waals surface area contributed by atoms with Gasteiger partial charge in [-0.25, -0.2) is 9.97 Å². The van der Waals surface area contributed by atoms with Crippen molar-refractivity contribution in [3.05, 3.63) is 17.6 Å². The highest BCUT2D eigenvalue weighted by Crippen LogP contribution is 2.48. The van der Waals surface area contributed by atoms with Crippen molar-refractivity contribution >= 4 is 11.7 Å². The number of halogens is 3. The average molecular weight is 570 g/mol. The molecule has 0 unspecified atom stereocenters. The van der Waals surface area contributed by atoms with Crippen molar-refractivity contribution in [1.82, 2.24) is 20.2 Å². The van der Waals surface area contributed by atoms with Gasteiger partial charge in [0.1, 0.15) is 11.6 Å². The minimum Gasteiger partial charge on any atom is -0.384 e. The lowest BCUT2D eigenvalue weighted by atomic mass is 9.69. The van der Waals surface area contributed by atoms with Crippen LogP contribution in [0.25, 0.3) is 0 Å². The van der Waals surface area contributed by atoms with Crippen molar-refractivity contribution in [3.63, 3.8) is 0 Å². The van der Waals surface area contributed by atoms with Crippen molar-refractivity contribution in [2.45, 2.75) is 95.4 Å². The Balaban J connectivity index is 1.17. The van der Waals surface area contributed by atoms with Crippen LogP contribution >= 0.6 is 0 Å². The van der Waals surface area contributed by atoms with Crippen LogP contribution in [0.1, 0.15) is 77.2 Å². The number of aromatic nitrogens is 2. The third kappa shape index (κ3) is 7.64. The number of piperazine rings is 1. The Labute approximate surface area is 236 Å². The molecule has 1 aromatic heterocycles. The Hall–Kier alpha value is -1.98. The number of rotatable bonds is 9. The number of carbonyl (C=O) groups is 1. The van der Waals surface area contributed by atoms with Gasteiger partial charge in [-0.15, -0.1) is 0 Å². The first-order chi connectivity index (χ1) is 18.8. The van der Waals surface area contributed by atoms with Crippen molar-refractivity contribution < 1.29 is 27.8 Å². The number of nitrogens with zero attached hydrogens (tertiary/aromatic N) is 4. The zero-order valence-corrected chi connectivity index (χ0v) is 24.4. The molecule has 2 saturated carbocycles. The number of carbonyl (C=O) groups excluding carboxylic acids is 1. The summed E-state index contributed by atoms with van der Waals surface area (Å²) in [5.74, 6) is 1.36. The molecule has 4 rings (SSSR count). The van der Waals surface area contributed by atoms with Crippen LogP contribution in [0, 0.1) is 11.8 Å². The van der Waals surface area contributed by atoms with Crippen LogP contribution in [0.5, 0.6) is 0 Å². The number of anilines is 1. The van der Waals surface area contributed by atoms with E-state index in [1.807, 2.05) is 0 Å². The van der Waals surface area contributed by atoms with Crippen LogP contribution in [-0.4, -0.2) is 90.1 Å². The normalized spacial score (nSPS) is 28.3. The van der Waals surface area contributed by atoms with Gasteiger partial charge in [-0.05, 0) is 57.4 Å². The summed E-state index contributed by atoms with van der Waals surface area (Å²) in [4.78, 5) is 26.9. The molecule has 226 valence electrons. The van der Waals surface area contributed by atoms with Gasteiger partial charge in [0.05, 0.1) is 6.61 Å². The molecule has 1 aromatic rings. The summed E-state index contributed by atoms with van der Waals surface area (Å²) in [5, 5.41) is 12.5. The van der Waals surface area contributed by atoms with Crippen molar-refractivity contribution in [1.29, 1.82) is 0 Å². The summed E-state index contributed by atoms with van der Waals surface area (Å²) in [6.45, 7) is 11.9. The standard InChI is InChI=1S/C29H46F3N5O3/c1-27(2,3)26-34-23(10-16-40-4)17-24(35-26)37-14-12-36(13-15-37)11-9-20-5-7-22(8-6-20)33-25(38)21-18-28(39,19-21)29(30,31)32/h17,20-22,39H,5-16,18-19H2,1-4H3,(H,33,38)/t20?,21-,22?,28-. The lowest BCUT2D eigenvalue weighted by Crippen LogP contribution is -2.59. The first-order valence-electron chi connectivity index (χ1n) is 14.7. The van der Waals surface area contributed by atoms with Crippen LogP contribution < -0.4 is 10.2 Å². The van der Waals surface area contributed by atoms with Crippen LogP contribution in [0.4, 0.5) is 19.0 Å². The van der Waals surface area contributed by atoms with Gasteiger partial charge in [0, 0.05) is 68.8 Å². The number of aliphatic hydroxyl groups is 1. The predicted molar refractivity (Wildman–Crippen MR) is 147 cm³/mol. The number of amides is 1. The molecule has 8 nitrogen and oxygen atoms in total. The van der Waals surface area contributed by atoms with Gasteiger partial charge in [0.15, 0.2) is 5.60 Å². The maximum atomic E-state index is 12.8. The SMILES string of the molecule is COCCc1cc(N2CCN(CCC3CCC(NC(=O)[C@H]4C[C@@](O)(C(F)(F)F)C4)CC3)CC2)nc(C(C)(C)C)n1. The Morgan fingerprint density at radius 1 is 1.10 bits per heavy atom. The van der Waals surface area contributed by atoms with E-state index in [1.54, 1.807) is 7.11 Å². The highest BCUT2D eigenvalue weighted by atomic mass is 19.4. The highest BCUT2D eigenvalue weighted by Gasteiger charge is 2.62. The molecular formula is C29H46F3N5O3. The van der Waals surface area contributed by atoms with E-state index in [9.17, 15) is 23.1 Å². The van der Waals surface area contributed by atoms with Crippen LogP contribution in [0.3, 0.4) is 0 Å². The lowest BCUT2D eigenvalue weighted by Gasteiger charge is -2.44. The molecule has 2 N–H and O–H groups in total. The summed E-state index contributed by atoms with van der Waals surface area (Å²) in [5.41, 5.74) is -1.81. The number of ether oxygens (including phenoxy) is 1. The fourth-order valence-electron chi connectivity index (χ4n) is 5.97. The summed E-state index contributed by atoms with van der Waals surface area (Å²) < 4.78 is 43.8. The molecule has 3 aliphatic rings. The summed E-state index contributed by atoms with van der Waals surface area (Å²) >= 11 is 0. The second-order valence-corrected chi connectivity index (χ2v) is 13.0. The summed E-state index contributed by atoms with van der Waals surface area (Å²) in [6, 6.07) is 2.12. The first-order valence-corrected chi connectivity index (χ1v) is 14.7. The summed E-state index contributed by atoms with van der Waals surface area (Å²) in [6.07, 6.45) is -0.109. The van der Waals surface area contributed by atoms with Crippen molar-refractivity contribution in [2.24, 2.45) is 11.8 Å². The molecule has 0 radical (unpaired) electrons. The Morgan fingerprint density at radius 2 is 1.75 bits per heavy atom. The molecule has 0 spiro atoms. The molecular weight excluding hydrogens is 523 g/mol.